The maximum absolute atomic E-state index is 13.3. The van der Waals surface area contributed by atoms with Crippen molar-refractivity contribution < 1.29 is 4.79 Å². The van der Waals surface area contributed by atoms with E-state index in [4.69, 9.17) is 4.98 Å². The lowest BCUT2D eigenvalue weighted by molar-refractivity contribution is -0.138. The summed E-state index contributed by atoms with van der Waals surface area (Å²) in [6.45, 7) is 1.08. The topological polar surface area (TPSA) is 46.9 Å². The molecule has 1 amide bonds. The summed E-state index contributed by atoms with van der Waals surface area (Å²) in [6, 6.07) is 8.26. The molecule has 1 aromatic heterocycles. The van der Waals surface area contributed by atoms with Crippen LogP contribution >= 0.6 is 15.9 Å². The van der Waals surface area contributed by atoms with Crippen molar-refractivity contribution in [3.05, 3.63) is 36.3 Å². The fraction of sp³-hybridized carbons (Fsp3) is 0.583. The first-order valence-electron chi connectivity index (χ1n) is 11.2. The summed E-state index contributed by atoms with van der Waals surface area (Å²) in [5.74, 6) is 2.88. The molecule has 0 saturated heterocycles. The van der Waals surface area contributed by atoms with Crippen LogP contribution in [0.4, 0.5) is 5.69 Å². The number of nitrogens with zero attached hydrogens (tertiary/aromatic N) is 2. The zero-order valence-corrected chi connectivity index (χ0v) is 18.4. The summed E-state index contributed by atoms with van der Waals surface area (Å²) in [5, 5.41) is 3.26. The number of hydrogen-bond acceptors (Lipinski definition) is 2. The Morgan fingerprint density at radius 3 is 2.55 bits per heavy atom. The number of benzene rings is 1. The second kappa shape index (κ2) is 6.44. The van der Waals surface area contributed by atoms with E-state index < -0.39 is 0 Å². The molecule has 4 aliphatic carbocycles. The first-order valence-corrected chi connectivity index (χ1v) is 12.0. The highest BCUT2D eigenvalue weighted by molar-refractivity contribution is 9.10. The van der Waals surface area contributed by atoms with Gasteiger partial charge in [0.15, 0.2) is 0 Å². The monoisotopic (exact) mass is 453 g/mol. The standard InChI is InChI=1S/C24H28BrN3O/c25-24-12-16-9-17(13-24)11-23(10-16,15-24)22(29)26-19-6-4-18(5-7-19)20-14-28-8-2-1-3-21(28)27-20/h4-7,14,16-17H,1-3,8-13,15H2,(H,26,29). The van der Waals surface area contributed by atoms with Crippen LogP contribution in [-0.2, 0) is 17.8 Å². The summed E-state index contributed by atoms with van der Waals surface area (Å²) in [5.41, 5.74) is 2.90. The van der Waals surface area contributed by atoms with Crippen molar-refractivity contribution in [2.45, 2.75) is 68.7 Å². The van der Waals surface area contributed by atoms with Crippen molar-refractivity contribution in [3.63, 3.8) is 0 Å². The molecular formula is C24H28BrN3O. The minimum absolute atomic E-state index is 0.171. The number of anilines is 1. The third-order valence-corrected chi connectivity index (χ3v) is 8.75. The molecule has 7 rings (SSSR count). The Kier molecular flexibility index (Phi) is 4.03. The molecule has 1 aliphatic heterocycles. The Morgan fingerprint density at radius 2 is 1.86 bits per heavy atom. The van der Waals surface area contributed by atoms with Crippen molar-refractivity contribution in [1.29, 1.82) is 0 Å². The quantitative estimate of drug-likeness (QED) is 0.618. The number of aromatic nitrogens is 2. The van der Waals surface area contributed by atoms with Crippen LogP contribution in [0.5, 0.6) is 0 Å². The van der Waals surface area contributed by atoms with E-state index in [1.807, 2.05) is 12.1 Å². The zero-order valence-electron chi connectivity index (χ0n) is 16.8. The molecular weight excluding hydrogens is 426 g/mol. The highest BCUT2D eigenvalue weighted by atomic mass is 79.9. The number of amides is 1. The van der Waals surface area contributed by atoms with Gasteiger partial charge in [-0.2, -0.15) is 0 Å². The maximum atomic E-state index is 13.3. The van der Waals surface area contributed by atoms with Crippen molar-refractivity contribution in [2.24, 2.45) is 17.3 Å². The highest BCUT2D eigenvalue weighted by Crippen LogP contribution is 2.64. The molecule has 5 aliphatic rings. The molecule has 2 atom stereocenters. The molecule has 4 fully saturated rings. The number of carbonyl (C=O) groups excluding carboxylic acids is 1. The van der Waals surface area contributed by atoms with Crippen LogP contribution in [0.25, 0.3) is 11.3 Å². The lowest BCUT2D eigenvalue weighted by Gasteiger charge is -2.59. The molecule has 0 radical (unpaired) electrons. The van der Waals surface area contributed by atoms with Gasteiger partial charge in [-0.3, -0.25) is 4.79 Å². The van der Waals surface area contributed by atoms with Gasteiger partial charge in [0.25, 0.3) is 0 Å². The van der Waals surface area contributed by atoms with Crippen molar-refractivity contribution in [3.8, 4) is 11.3 Å². The average molecular weight is 454 g/mol. The molecule has 152 valence electrons. The molecule has 0 spiro atoms. The number of carbonyl (C=O) groups is 1. The van der Waals surface area contributed by atoms with E-state index in [0.717, 1.165) is 61.0 Å². The average Bonchev–Trinajstić information content (AvgIpc) is 3.11. The first kappa shape index (κ1) is 18.2. The SMILES string of the molecule is O=C(Nc1ccc(-c2cn3c(n2)CCCC3)cc1)C12CC3CC(CC(Br)(C3)C1)C2. The van der Waals surface area contributed by atoms with Gasteiger partial charge in [-0.15, -0.1) is 0 Å². The molecule has 5 heteroatoms. The number of nitrogens with one attached hydrogen (secondary N) is 1. The summed E-state index contributed by atoms with van der Waals surface area (Å²) < 4.78 is 2.50. The van der Waals surface area contributed by atoms with E-state index in [0.29, 0.717) is 0 Å². The molecule has 1 aromatic carbocycles. The second-order valence-corrected chi connectivity index (χ2v) is 11.8. The van der Waals surface area contributed by atoms with Crippen LogP contribution in [-0.4, -0.2) is 19.8 Å². The second-order valence-electron chi connectivity index (χ2n) is 10.1. The molecule has 29 heavy (non-hydrogen) atoms. The van der Waals surface area contributed by atoms with Gasteiger partial charge >= 0.3 is 0 Å². The predicted molar refractivity (Wildman–Crippen MR) is 118 cm³/mol. The third-order valence-electron chi connectivity index (χ3n) is 7.82. The van der Waals surface area contributed by atoms with Crippen molar-refractivity contribution in [1.82, 2.24) is 9.55 Å². The van der Waals surface area contributed by atoms with E-state index in [1.54, 1.807) is 0 Å². The Hall–Kier alpha value is -1.62. The normalized spacial score (nSPS) is 34.8. The van der Waals surface area contributed by atoms with Crippen molar-refractivity contribution in [2.75, 3.05) is 5.32 Å². The Labute approximate surface area is 180 Å². The number of rotatable bonds is 3. The van der Waals surface area contributed by atoms with Gasteiger partial charge in [0.1, 0.15) is 5.82 Å². The van der Waals surface area contributed by atoms with Crippen LogP contribution in [0.3, 0.4) is 0 Å². The largest absolute Gasteiger partial charge is 0.334 e. The van der Waals surface area contributed by atoms with E-state index in [9.17, 15) is 4.79 Å². The van der Waals surface area contributed by atoms with E-state index in [1.165, 1.54) is 37.9 Å². The fourth-order valence-corrected chi connectivity index (χ4v) is 8.41. The molecule has 4 saturated carbocycles. The Bertz CT molecular complexity index is 926. The van der Waals surface area contributed by atoms with Crippen LogP contribution in [0, 0.1) is 17.3 Å². The smallest absolute Gasteiger partial charge is 0.230 e. The summed E-state index contributed by atoms with van der Waals surface area (Å²) in [4.78, 5) is 18.2. The number of aryl methyl sites for hydroxylation is 2. The molecule has 4 bridgehead atoms. The molecule has 1 N–H and O–H groups in total. The van der Waals surface area contributed by atoms with Crippen molar-refractivity contribution >= 4 is 27.5 Å². The number of alkyl halides is 1. The highest BCUT2D eigenvalue weighted by Gasteiger charge is 2.59. The minimum Gasteiger partial charge on any atom is -0.334 e. The van der Waals surface area contributed by atoms with Crippen LogP contribution in [0.2, 0.25) is 0 Å². The van der Waals surface area contributed by atoms with Crippen LogP contribution < -0.4 is 5.32 Å². The minimum atomic E-state index is -0.171. The lowest BCUT2D eigenvalue weighted by Crippen LogP contribution is -2.57. The van der Waals surface area contributed by atoms with Gasteiger partial charge < -0.3 is 9.88 Å². The van der Waals surface area contributed by atoms with Gasteiger partial charge in [-0.25, -0.2) is 4.98 Å². The number of imidazole rings is 1. The summed E-state index contributed by atoms with van der Waals surface area (Å²) >= 11 is 4.02. The lowest BCUT2D eigenvalue weighted by atomic mass is 9.49. The predicted octanol–water partition coefficient (Wildman–Crippen LogP) is 5.56. The van der Waals surface area contributed by atoms with E-state index in [2.05, 4.69) is 44.1 Å². The number of halogens is 1. The van der Waals surface area contributed by atoms with E-state index in [-0.39, 0.29) is 15.6 Å². The van der Waals surface area contributed by atoms with E-state index >= 15 is 0 Å². The maximum Gasteiger partial charge on any atom is 0.230 e. The Balaban J connectivity index is 1.20. The number of hydrogen-bond donors (Lipinski definition) is 1. The van der Waals surface area contributed by atoms with Gasteiger partial charge in [0.05, 0.1) is 11.1 Å². The fourth-order valence-electron chi connectivity index (χ4n) is 6.96. The third kappa shape index (κ3) is 3.08. The zero-order chi connectivity index (χ0) is 19.6. The summed E-state index contributed by atoms with van der Waals surface area (Å²) in [7, 11) is 0. The molecule has 2 unspecified atom stereocenters. The summed E-state index contributed by atoms with van der Waals surface area (Å²) in [6.07, 6.45) is 12.7. The van der Waals surface area contributed by atoms with Gasteiger partial charge in [0, 0.05) is 34.7 Å². The van der Waals surface area contributed by atoms with Crippen LogP contribution in [0.15, 0.2) is 30.5 Å². The van der Waals surface area contributed by atoms with Crippen LogP contribution in [0.1, 0.15) is 57.2 Å². The van der Waals surface area contributed by atoms with Gasteiger partial charge in [-0.05, 0) is 75.3 Å². The van der Waals surface area contributed by atoms with Gasteiger partial charge in [-0.1, -0.05) is 28.1 Å². The Morgan fingerprint density at radius 1 is 1.10 bits per heavy atom. The number of fused-ring (bicyclic) bond motifs is 1. The van der Waals surface area contributed by atoms with Gasteiger partial charge in [0.2, 0.25) is 5.91 Å². The molecule has 4 nitrogen and oxygen atoms in total. The molecule has 2 heterocycles. The molecule has 2 aromatic rings. The first-order chi connectivity index (χ1) is 14.0.